The average Bonchev–Trinajstić information content (AvgIpc) is 2.84. The zero-order chi connectivity index (χ0) is 13.7. The summed E-state index contributed by atoms with van der Waals surface area (Å²) in [6, 6.07) is 8.43. The van der Waals surface area contributed by atoms with Crippen molar-refractivity contribution >= 4 is 11.9 Å². The molecule has 0 aromatic heterocycles. The van der Waals surface area contributed by atoms with Gasteiger partial charge in [0.25, 0.3) is 0 Å². The number of hydrogen-bond acceptors (Lipinski definition) is 5. The van der Waals surface area contributed by atoms with Crippen LogP contribution in [0, 0.1) is 0 Å². The van der Waals surface area contributed by atoms with Crippen molar-refractivity contribution in [3.05, 3.63) is 59.9 Å². The van der Waals surface area contributed by atoms with E-state index in [9.17, 15) is 9.59 Å². The van der Waals surface area contributed by atoms with E-state index in [0.717, 1.165) is 0 Å². The van der Waals surface area contributed by atoms with E-state index in [-0.39, 0.29) is 5.76 Å². The first-order valence-corrected chi connectivity index (χ1v) is 5.67. The van der Waals surface area contributed by atoms with Gasteiger partial charge in [0.1, 0.15) is 11.9 Å². The van der Waals surface area contributed by atoms with Gasteiger partial charge in [0.2, 0.25) is 0 Å². The molecule has 0 fully saturated rings. The fourth-order valence-electron chi connectivity index (χ4n) is 1.51. The second-order valence-electron chi connectivity index (χ2n) is 3.82. The van der Waals surface area contributed by atoms with Crippen LogP contribution in [0.5, 0.6) is 0 Å². The molecule has 5 nitrogen and oxygen atoms in total. The highest BCUT2D eigenvalue weighted by atomic mass is 16.6. The average molecular weight is 260 g/mol. The summed E-state index contributed by atoms with van der Waals surface area (Å²) in [5.41, 5.74) is 0.387. The molecule has 19 heavy (non-hydrogen) atoms. The molecule has 1 N–H and O–H groups in total. The lowest BCUT2D eigenvalue weighted by molar-refractivity contribution is -0.132. The molecule has 0 bridgehead atoms. The number of esters is 2. The van der Waals surface area contributed by atoms with Crippen LogP contribution in [0.4, 0.5) is 0 Å². The second-order valence-corrected chi connectivity index (χ2v) is 3.82. The van der Waals surface area contributed by atoms with Crippen LogP contribution in [0.3, 0.4) is 0 Å². The van der Waals surface area contributed by atoms with Gasteiger partial charge in [0.05, 0.1) is 12.2 Å². The topological polar surface area (TPSA) is 72.8 Å². The Labute approximate surface area is 109 Å². The highest BCUT2D eigenvalue weighted by Crippen LogP contribution is 2.12. The first kappa shape index (κ1) is 13.0. The summed E-state index contributed by atoms with van der Waals surface area (Å²) < 4.78 is 9.88. The maximum atomic E-state index is 11.8. The van der Waals surface area contributed by atoms with Crippen LogP contribution in [0.1, 0.15) is 10.4 Å². The first-order chi connectivity index (χ1) is 9.19. The van der Waals surface area contributed by atoms with E-state index in [1.54, 1.807) is 30.3 Å². The molecule has 0 unspecified atom stereocenters. The number of carbonyl (C=O) groups excluding carboxylic acids is 2. The Morgan fingerprint density at radius 3 is 2.63 bits per heavy atom. The molecule has 5 heteroatoms. The predicted octanol–water partition coefficient (Wildman–Crippen LogP) is 1.20. The minimum atomic E-state index is -0.863. The summed E-state index contributed by atoms with van der Waals surface area (Å²) in [6.07, 6.45) is 3.21. The van der Waals surface area contributed by atoms with E-state index in [1.165, 1.54) is 18.2 Å². The van der Waals surface area contributed by atoms with Gasteiger partial charge in [-0.05, 0) is 18.2 Å². The van der Waals surface area contributed by atoms with Gasteiger partial charge >= 0.3 is 11.9 Å². The SMILES string of the molecule is O=C1C=C/C(=C/[C@@H](CO)OC(=O)c2ccccc2)O1. The quantitative estimate of drug-likeness (QED) is 0.823. The van der Waals surface area contributed by atoms with Gasteiger partial charge < -0.3 is 14.6 Å². The Hall–Kier alpha value is -2.40. The lowest BCUT2D eigenvalue weighted by atomic mass is 10.2. The fourth-order valence-corrected chi connectivity index (χ4v) is 1.51. The van der Waals surface area contributed by atoms with E-state index in [1.807, 2.05) is 0 Å². The predicted molar refractivity (Wildman–Crippen MR) is 66.0 cm³/mol. The fraction of sp³-hybridized carbons (Fsp3) is 0.143. The molecule has 0 saturated heterocycles. The molecule has 1 aliphatic rings. The van der Waals surface area contributed by atoms with E-state index in [2.05, 4.69) is 0 Å². The standard InChI is InChI=1S/C14H12O5/c15-9-12(8-11-6-7-13(16)18-11)19-14(17)10-4-2-1-3-5-10/h1-8,12,15H,9H2/b11-8-/t12-/m0/s1. The Morgan fingerprint density at radius 2 is 2.05 bits per heavy atom. The summed E-state index contributed by atoms with van der Waals surface area (Å²) in [5, 5.41) is 9.16. The Balaban J connectivity index is 2.02. The molecule has 0 aliphatic carbocycles. The molecular weight excluding hydrogens is 248 g/mol. The third-order valence-electron chi connectivity index (χ3n) is 2.40. The number of aliphatic hydroxyl groups is 1. The van der Waals surface area contributed by atoms with Crippen molar-refractivity contribution in [2.24, 2.45) is 0 Å². The van der Waals surface area contributed by atoms with Crippen LogP contribution in [0.2, 0.25) is 0 Å². The molecule has 0 amide bonds. The van der Waals surface area contributed by atoms with Gasteiger partial charge in [0, 0.05) is 12.2 Å². The van der Waals surface area contributed by atoms with E-state index >= 15 is 0 Å². The number of cyclic esters (lactones) is 1. The van der Waals surface area contributed by atoms with Crippen molar-refractivity contribution in [2.45, 2.75) is 6.10 Å². The third kappa shape index (κ3) is 3.53. The first-order valence-electron chi connectivity index (χ1n) is 5.67. The molecule has 98 valence electrons. The van der Waals surface area contributed by atoms with Gasteiger partial charge in [-0.25, -0.2) is 9.59 Å². The van der Waals surface area contributed by atoms with Gasteiger partial charge in [-0.3, -0.25) is 0 Å². The number of rotatable bonds is 4. The van der Waals surface area contributed by atoms with Gasteiger partial charge in [-0.15, -0.1) is 0 Å². The number of benzene rings is 1. The maximum Gasteiger partial charge on any atom is 0.338 e. The van der Waals surface area contributed by atoms with Crippen LogP contribution < -0.4 is 0 Å². The van der Waals surface area contributed by atoms with Gasteiger partial charge in [0.15, 0.2) is 0 Å². The van der Waals surface area contributed by atoms with E-state index in [4.69, 9.17) is 14.6 Å². The zero-order valence-electron chi connectivity index (χ0n) is 9.98. The number of allylic oxidation sites excluding steroid dienone is 1. The van der Waals surface area contributed by atoms with E-state index in [0.29, 0.717) is 5.56 Å². The summed E-state index contributed by atoms with van der Waals surface area (Å²) in [6.45, 7) is -0.395. The Morgan fingerprint density at radius 1 is 1.32 bits per heavy atom. The molecular formula is C14H12O5. The van der Waals surface area contributed by atoms with Crippen molar-refractivity contribution < 1.29 is 24.2 Å². The monoisotopic (exact) mass is 260 g/mol. The highest BCUT2D eigenvalue weighted by Gasteiger charge is 2.16. The van der Waals surface area contributed by atoms with Crippen LogP contribution in [-0.4, -0.2) is 29.8 Å². The molecule has 0 radical (unpaired) electrons. The van der Waals surface area contributed by atoms with Crippen LogP contribution >= 0.6 is 0 Å². The van der Waals surface area contributed by atoms with Crippen molar-refractivity contribution in [1.82, 2.24) is 0 Å². The molecule has 0 spiro atoms. The van der Waals surface area contributed by atoms with Crippen LogP contribution in [-0.2, 0) is 14.3 Å². The highest BCUT2D eigenvalue weighted by molar-refractivity contribution is 5.89. The van der Waals surface area contributed by atoms with Gasteiger partial charge in [-0.2, -0.15) is 0 Å². The number of ether oxygens (including phenoxy) is 2. The molecule has 2 rings (SSSR count). The smallest absolute Gasteiger partial charge is 0.338 e. The lowest BCUT2D eigenvalue weighted by Crippen LogP contribution is -2.20. The van der Waals surface area contributed by atoms with E-state index < -0.39 is 24.6 Å². The Bertz CT molecular complexity index is 530. The van der Waals surface area contributed by atoms with Gasteiger partial charge in [-0.1, -0.05) is 18.2 Å². The van der Waals surface area contributed by atoms with Crippen molar-refractivity contribution in [3.63, 3.8) is 0 Å². The minimum Gasteiger partial charge on any atom is -0.452 e. The molecule has 1 heterocycles. The maximum absolute atomic E-state index is 11.8. The third-order valence-corrected chi connectivity index (χ3v) is 2.40. The molecule has 1 aromatic rings. The lowest BCUT2D eigenvalue weighted by Gasteiger charge is -2.12. The molecule has 1 atom stereocenters. The largest absolute Gasteiger partial charge is 0.452 e. The molecule has 1 aromatic carbocycles. The van der Waals surface area contributed by atoms with Crippen LogP contribution in [0.15, 0.2) is 54.3 Å². The summed E-state index contributed by atoms with van der Waals surface area (Å²) >= 11 is 0. The molecule has 1 aliphatic heterocycles. The van der Waals surface area contributed by atoms with Crippen molar-refractivity contribution in [3.8, 4) is 0 Å². The summed E-state index contributed by atoms with van der Waals surface area (Å²) in [7, 11) is 0. The number of hydrogen-bond donors (Lipinski definition) is 1. The normalized spacial score (nSPS) is 17.3. The summed E-state index contributed by atoms with van der Waals surface area (Å²) in [5.74, 6) is -0.785. The van der Waals surface area contributed by atoms with Crippen molar-refractivity contribution in [2.75, 3.05) is 6.61 Å². The number of carbonyl (C=O) groups is 2. The zero-order valence-corrected chi connectivity index (χ0v) is 9.98. The second kappa shape index (κ2) is 5.97. The minimum absolute atomic E-state index is 0.255. The Kier molecular flexibility index (Phi) is 4.10. The number of aliphatic hydroxyl groups excluding tert-OH is 1. The van der Waals surface area contributed by atoms with Crippen molar-refractivity contribution in [1.29, 1.82) is 0 Å². The van der Waals surface area contributed by atoms with Crippen LogP contribution in [0.25, 0.3) is 0 Å². The summed E-state index contributed by atoms with van der Waals surface area (Å²) in [4.78, 5) is 22.6. The molecule has 0 saturated carbocycles.